The lowest BCUT2D eigenvalue weighted by Gasteiger charge is -2.38. The molecule has 0 spiro atoms. The largest absolute Gasteiger partial charge is 0.457 e. The predicted octanol–water partition coefficient (Wildman–Crippen LogP) is 6.70. The highest BCUT2D eigenvalue weighted by molar-refractivity contribution is 5.87. The van der Waals surface area contributed by atoms with Crippen LogP contribution >= 0.6 is 0 Å². The third-order valence-electron chi connectivity index (χ3n) is 7.94. The number of aromatic nitrogens is 6. The van der Waals surface area contributed by atoms with Gasteiger partial charge in [0.05, 0.1) is 23.6 Å². The van der Waals surface area contributed by atoms with Crippen molar-refractivity contribution < 1.29 is 4.74 Å². The molecule has 0 bridgehead atoms. The molecular formula is C30H34N8O. The van der Waals surface area contributed by atoms with Crippen LogP contribution in [0.3, 0.4) is 0 Å². The Morgan fingerprint density at radius 2 is 1.92 bits per heavy atom. The molecule has 1 aliphatic heterocycles. The predicted molar refractivity (Wildman–Crippen MR) is 155 cm³/mol. The minimum Gasteiger partial charge on any atom is -0.457 e. The molecule has 9 heteroatoms. The number of rotatable bonds is 8. The molecule has 9 nitrogen and oxygen atoms in total. The van der Waals surface area contributed by atoms with Gasteiger partial charge in [-0.2, -0.15) is 0 Å². The van der Waals surface area contributed by atoms with Crippen molar-refractivity contribution in [3.63, 3.8) is 0 Å². The summed E-state index contributed by atoms with van der Waals surface area (Å²) in [4.78, 5) is 25.5. The van der Waals surface area contributed by atoms with Crippen LogP contribution in [0.15, 0.2) is 55.2 Å². The molecule has 1 fully saturated rings. The minimum absolute atomic E-state index is 0.125. The first-order valence-corrected chi connectivity index (χ1v) is 13.7. The van der Waals surface area contributed by atoms with Crippen LogP contribution in [0, 0.1) is 6.92 Å². The van der Waals surface area contributed by atoms with E-state index in [1.807, 2.05) is 55.1 Å². The Morgan fingerprint density at radius 1 is 1.03 bits per heavy atom. The number of anilines is 3. The molecule has 3 aromatic heterocycles. The molecule has 0 amide bonds. The number of nitrogens with zero attached hydrogens (tertiary/aromatic N) is 7. The zero-order valence-corrected chi connectivity index (χ0v) is 23.0. The quantitative estimate of drug-likeness (QED) is 0.241. The maximum Gasteiger partial charge on any atom is 0.226 e. The zero-order chi connectivity index (χ0) is 27.0. The molecule has 0 radical (unpaired) electrons. The highest BCUT2D eigenvalue weighted by Gasteiger charge is 2.40. The van der Waals surface area contributed by atoms with Crippen molar-refractivity contribution in [3.8, 4) is 11.5 Å². The summed E-state index contributed by atoms with van der Waals surface area (Å²) in [5.74, 6) is 2.96. The lowest BCUT2D eigenvalue weighted by atomic mass is 9.88. The molecule has 4 heterocycles. The normalized spacial score (nSPS) is 17.3. The van der Waals surface area contributed by atoms with Gasteiger partial charge in [0, 0.05) is 30.9 Å². The Kier molecular flexibility index (Phi) is 6.50. The molecule has 1 aliphatic rings. The van der Waals surface area contributed by atoms with E-state index in [1.54, 1.807) is 12.7 Å². The molecule has 1 atom stereocenters. The Labute approximate surface area is 228 Å². The van der Waals surface area contributed by atoms with Crippen molar-refractivity contribution in [1.82, 2.24) is 29.5 Å². The van der Waals surface area contributed by atoms with Crippen LogP contribution in [-0.4, -0.2) is 41.6 Å². The second kappa shape index (κ2) is 10.1. The van der Waals surface area contributed by atoms with Gasteiger partial charge in [-0.15, -0.1) is 0 Å². The molecule has 2 aromatic carbocycles. The first kappa shape index (κ1) is 25.0. The van der Waals surface area contributed by atoms with E-state index in [-0.39, 0.29) is 5.54 Å². The Bertz CT molecular complexity index is 1650. The molecule has 5 aromatic rings. The van der Waals surface area contributed by atoms with Crippen molar-refractivity contribution in [2.45, 2.75) is 58.4 Å². The summed E-state index contributed by atoms with van der Waals surface area (Å²) in [5.41, 5.74) is 5.43. The van der Waals surface area contributed by atoms with Crippen LogP contribution in [0.5, 0.6) is 11.5 Å². The third kappa shape index (κ3) is 4.62. The number of hydrogen-bond acceptors (Lipinski definition) is 8. The van der Waals surface area contributed by atoms with E-state index in [0.717, 1.165) is 83.0 Å². The van der Waals surface area contributed by atoms with Crippen LogP contribution in [0.2, 0.25) is 0 Å². The van der Waals surface area contributed by atoms with E-state index < -0.39 is 0 Å². The standard InChI is InChI=1S/C30H34N8O/c1-5-12-30(6-2)13-7-14-38(30)29-31-17-24-27(36-29)28(33-18-32-24)35-21-8-11-26(20(3)15-21)39-22-9-10-25-23(16-22)34-19-37(25)4/h8-11,15-19H,5-7,12-14H2,1-4H3,(H,32,33,35). The number of hydrogen-bond donors (Lipinski definition) is 1. The number of nitrogens with one attached hydrogen (secondary N) is 1. The Morgan fingerprint density at radius 3 is 2.74 bits per heavy atom. The zero-order valence-electron chi connectivity index (χ0n) is 23.0. The van der Waals surface area contributed by atoms with Gasteiger partial charge in [0.1, 0.15) is 28.9 Å². The average Bonchev–Trinajstić information content (AvgIpc) is 3.54. The lowest BCUT2D eigenvalue weighted by molar-refractivity contribution is 0.372. The first-order valence-electron chi connectivity index (χ1n) is 13.7. The van der Waals surface area contributed by atoms with E-state index in [4.69, 9.17) is 14.7 Å². The van der Waals surface area contributed by atoms with E-state index >= 15 is 0 Å². The molecule has 1 N–H and O–H groups in total. The van der Waals surface area contributed by atoms with Gasteiger partial charge in [0.2, 0.25) is 5.95 Å². The van der Waals surface area contributed by atoms with Crippen molar-refractivity contribution in [1.29, 1.82) is 0 Å². The fourth-order valence-electron chi connectivity index (χ4n) is 5.87. The van der Waals surface area contributed by atoms with Gasteiger partial charge in [-0.25, -0.2) is 24.9 Å². The van der Waals surface area contributed by atoms with Crippen molar-refractivity contribution in [3.05, 3.63) is 60.8 Å². The van der Waals surface area contributed by atoms with Gasteiger partial charge in [0.15, 0.2) is 5.82 Å². The van der Waals surface area contributed by atoms with Crippen molar-refractivity contribution in [2.75, 3.05) is 16.8 Å². The van der Waals surface area contributed by atoms with Crippen LogP contribution in [0.1, 0.15) is 51.5 Å². The van der Waals surface area contributed by atoms with Gasteiger partial charge < -0.3 is 19.5 Å². The fourth-order valence-corrected chi connectivity index (χ4v) is 5.87. The number of benzene rings is 2. The Hall–Kier alpha value is -4.27. The van der Waals surface area contributed by atoms with Gasteiger partial charge in [0.25, 0.3) is 0 Å². The molecule has 1 unspecified atom stereocenters. The van der Waals surface area contributed by atoms with Crippen molar-refractivity contribution >= 4 is 39.5 Å². The fraction of sp³-hybridized carbons (Fsp3) is 0.367. The van der Waals surface area contributed by atoms with E-state index in [0.29, 0.717) is 5.82 Å². The number of fused-ring (bicyclic) bond motifs is 2. The number of aryl methyl sites for hydroxylation is 2. The lowest BCUT2D eigenvalue weighted by Crippen LogP contribution is -2.44. The van der Waals surface area contributed by atoms with Crippen molar-refractivity contribution in [2.24, 2.45) is 7.05 Å². The number of imidazole rings is 1. The average molecular weight is 523 g/mol. The molecular weight excluding hydrogens is 488 g/mol. The first-order chi connectivity index (χ1) is 19.0. The van der Waals surface area contributed by atoms with Gasteiger partial charge in [-0.3, -0.25) is 0 Å². The summed E-state index contributed by atoms with van der Waals surface area (Å²) in [5, 5.41) is 3.46. The summed E-state index contributed by atoms with van der Waals surface area (Å²) < 4.78 is 8.19. The highest BCUT2D eigenvalue weighted by atomic mass is 16.5. The summed E-state index contributed by atoms with van der Waals surface area (Å²) in [7, 11) is 1.98. The summed E-state index contributed by atoms with van der Waals surface area (Å²) in [6.07, 6.45) is 10.9. The SMILES string of the molecule is CCCC1(CC)CCCN1c1ncc2ncnc(Nc3ccc(Oc4ccc5c(c4)ncn5C)c(C)c3)c2n1. The van der Waals surface area contributed by atoms with Gasteiger partial charge in [-0.1, -0.05) is 20.3 Å². The summed E-state index contributed by atoms with van der Waals surface area (Å²) in [6.45, 7) is 7.54. The molecule has 39 heavy (non-hydrogen) atoms. The van der Waals surface area contributed by atoms with E-state index in [9.17, 15) is 0 Å². The van der Waals surface area contributed by atoms with E-state index in [1.165, 1.54) is 6.42 Å². The summed E-state index contributed by atoms with van der Waals surface area (Å²) in [6, 6.07) is 12.0. The smallest absolute Gasteiger partial charge is 0.226 e. The van der Waals surface area contributed by atoms with Crippen LogP contribution < -0.4 is 15.0 Å². The van der Waals surface area contributed by atoms with Crippen LogP contribution in [-0.2, 0) is 7.05 Å². The van der Waals surface area contributed by atoms with Crippen LogP contribution in [0.25, 0.3) is 22.1 Å². The maximum atomic E-state index is 6.20. The molecule has 0 saturated carbocycles. The monoisotopic (exact) mass is 522 g/mol. The molecule has 200 valence electrons. The second-order valence-electron chi connectivity index (χ2n) is 10.4. The van der Waals surface area contributed by atoms with Gasteiger partial charge in [-0.05, 0) is 68.5 Å². The maximum absolute atomic E-state index is 6.20. The van der Waals surface area contributed by atoms with Crippen LogP contribution in [0.4, 0.5) is 17.5 Å². The number of ether oxygens (including phenoxy) is 1. The topological polar surface area (TPSA) is 93.9 Å². The Balaban J connectivity index is 1.26. The second-order valence-corrected chi connectivity index (χ2v) is 10.4. The molecule has 6 rings (SSSR count). The highest BCUT2D eigenvalue weighted by Crippen LogP contribution is 2.39. The van der Waals surface area contributed by atoms with Gasteiger partial charge >= 0.3 is 0 Å². The molecule has 1 saturated heterocycles. The molecule has 0 aliphatic carbocycles. The minimum atomic E-state index is 0.125. The van der Waals surface area contributed by atoms with E-state index in [2.05, 4.69) is 45.1 Å². The third-order valence-corrected chi connectivity index (χ3v) is 7.94. The summed E-state index contributed by atoms with van der Waals surface area (Å²) >= 11 is 0.